The van der Waals surface area contributed by atoms with Gasteiger partial charge in [0.15, 0.2) is 0 Å². The van der Waals surface area contributed by atoms with Crippen molar-refractivity contribution < 1.29 is 29.4 Å². The van der Waals surface area contributed by atoms with Crippen LogP contribution in [0.4, 0.5) is 9.59 Å². The predicted molar refractivity (Wildman–Crippen MR) is 234 cm³/mol. The highest BCUT2D eigenvalue weighted by Gasteiger charge is 2.44. The highest BCUT2D eigenvalue weighted by Crippen LogP contribution is 2.30. The lowest BCUT2D eigenvalue weighted by Gasteiger charge is -2.38. The topological polar surface area (TPSA) is 177 Å². The molecule has 1 aliphatic rings. The van der Waals surface area contributed by atoms with E-state index >= 15 is 0 Å². The molecular weight excluding hydrogens is 779 g/mol. The van der Waals surface area contributed by atoms with Crippen molar-refractivity contribution >= 4 is 35.3 Å². The number of nitrogens with zero attached hydrogens (tertiary/aromatic N) is 4. The number of pyridine rings is 1. The molecule has 14 heteroatoms. The standard InChI is InChI=1S/C46H61N7O6S/c1-29(2)42-49-34(28-60-42)27-52-22-23-53(44(52)59)39(46(6,7)8)41(56)48-33(24-30-14-10-9-11-15-30)26-37(54)36(50-40(55)38(45(3,4)5)51-43(57)58)25-31-17-19-32(20-18-31)35-16-12-13-21-47-35/h9-21,28-29,33,36-39,51,54H,22-27H2,1-8H3,(H,48,56)(H,50,55)(H,57,58)/t33-,36-,37-,38+,39+/m0/s1. The van der Waals surface area contributed by atoms with Gasteiger partial charge in [-0.3, -0.25) is 14.6 Å². The molecule has 5 atom stereocenters. The summed E-state index contributed by atoms with van der Waals surface area (Å²) in [7, 11) is 0. The minimum atomic E-state index is -1.34. The number of amides is 5. The van der Waals surface area contributed by atoms with E-state index in [0.717, 1.165) is 33.1 Å². The Bertz CT molecular complexity index is 2050. The molecule has 13 nitrogen and oxygen atoms in total. The number of carbonyl (C=O) groups is 4. The Labute approximate surface area is 358 Å². The molecule has 0 radical (unpaired) electrons. The van der Waals surface area contributed by atoms with E-state index < -0.39 is 53.1 Å². The largest absolute Gasteiger partial charge is 0.465 e. The van der Waals surface area contributed by atoms with E-state index in [0.29, 0.717) is 26.1 Å². The van der Waals surface area contributed by atoms with Gasteiger partial charge in [-0.2, -0.15) is 0 Å². The van der Waals surface area contributed by atoms with E-state index in [4.69, 9.17) is 4.98 Å². The summed E-state index contributed by atoms with van der Waals surface area (Å²) in [6.45, 7) is 16.4. The Morgan fingerprint density at radius 1 is 0.817 bits per heavy atom. The lowest BCUT2D eigenvalue weighted by Crippen LogP contribution is -2.59. The van der Waals surface area contributed by atoms with Crippen LogP contribution in [0.2, 0.25) is 0 Å². The van der Waals surface area contributed by atoms with E-state index in [1.165, 1.54) is 0 Å². The van der Waals surface area contributed by atoms with Crippen LogP contribution >= 0.6 is 11.3 Å². The molecule has 3 heterocycles. The number of urea groups is 1. The summed E-state index contributed by atoms with van der Waals surface area (Å²) in [6.07, 6.45) is -0.175. The lowest BCUT2D eigenvalue weighted by molar-refractivity contribution is -0.130. The summed E-state index contributed by atoms with van der Waals surface area (Å²) in [5.41, 5.74) is 2.86. The van der Waals surface area contributed by atoms with Gasteiger partial charge in [-0.15, -0.1) is 11.3 Å². The second kappa shape index (κ2) is 19.8. The average molecular weight is 840 g/mol. The fourth-order valence-electron chi connectivity index (χ4n) is 7.62. The van der Waals surface area contributed by atoms with Crippen LogP contribution in [-0.2, 0) is 29.0 Å². The van der Waals surface area contributed by atoms with Crippen LogP contribution < -0.4 is 16.0 Å². The summed E-state index contributed by atoms with van der Waals surface area (Å²) in [5, 5.41) is 33.3. The third-order valence-electron chi connectivity index (χ3n) is 10.7. The van der Waals surface area contributed by atoms with Crippen LogP contribution in [-0.4, -0.2) is 97.3 Å². The van der Waals surface area contributed by atoms with E-state index in [-0.39, 0.29) is 30.7 Å². The normalized spacial score (nSPS) is 15.9. The SMILES string of the molecule is CC(C)c1nc(CN2CCN([C@H](C(=O)N[C@@H](Cc3ccccc3)C[C@H](O)[C@H](Cc3ccc(-c4ccccn4)cc3)NC(=O)[C@@H](NC(=O)O)C(C)(C)C)C(C)(C)C)C2=O)cs1. The number of hydrogen-bond donors (Lipinski definition) is 5. The Kier molecular flexibility index (Phi) is 15.1. The molecule has 4 aromatic rings. The van der Waals surface area contributed by atoms with Crippen molar-refractivity contribution in [1.82, 2.24) is 35.7 Å². The van der Waals surface area contributed by atoms with Gasteiger partial charge in [0.05, 0.1) is 35.1 Å². The lowest BCUT2D eigenvalue weighted by atomic mass is 9.84. The molecule has 1 fully saturated rings. The molecule has 0 saturated carbocycles. The van der Waals surface area contributed by atoms with E-state index in [2.05, 4.69) is 34.8 Å². The molecule has 1 aliphatic heterocycles. The monoisotopic (exact) mass is 839 g/mol. The number of thiazole rings is 1. The first-order valence-corrected chi connectivity index (χ1v) is 21.5. The van der Waals surface area contributed by atoms with Crippen LogP contribution in [0.25, 0.3) is 11.3 Å². The maximum absolute atomic E-state index is 14.6. The van der Waals surface area contributed by atoms with Gasteiger partial charge < -0.3 is 36.0 Å². The molecule has 5 N–H and O–H groups in total. The third kappa shape index (κ3) is 12.4. The Balaban J connectivity index is 1.40. The maximum Gasteiger partial charge on any atom is 0.405 e. The van der Waals surface area contributed by atoms with Gasteiger partial charge >= 0.3 is 12.1 Å². The third-order valence-corrected chi connectivity index (χ3v) is 11.9. The number of nitrogens with one attached hydrogen (secondary N) is 3. The molecule has 0 bridgehead atoms. The second-order valence-electron chi connectivity index (χ2n) is 18.2. The number of carbonyl (C=O) groups excluding carboxylic acids is 3. The average Bonchev–Trinajstić information content (AvgIpc) is 3.80. The van der Waals surface area contributed by atoms with Crippen molar-refractivity contribution in [1.29, 1.82) is 0 Å². The molecule has 1 saturated heterocycles. The summed E-state index contributed by atoms with van der Waals surface area (Å²) in [6, 6.07) is 19.3. The minimum Gasteiger partial charge on any atom is -0.465 e. The molecule has 5 amide bonds. The molecule has 0 spiro atoms. The number of aliphatic hydroxyl groups is 1. The Morgan fingerprint density at radius 2 is 1.48 bits per heavy atom. The Hall–Kier alpha value is -5.34. The van der Waals surface area contributed by atoms with Crippen molar-refractivity contribution in [2.24, 2.45) is 10.8 Å². The predicted octanol–water partition coefficient (Wildman–Crippen LogP) is 6.87. The molecule has 2 aromatic heterocycles. The van der Waals surface area contributed by atoms with Gasteiger partial charge in [0, 0.05) is 42.2 Å². The summed E-state index contributed by atoms with van der Waals surface area (Å²) < 4.78 is 0. The summed E-state index contributed by atoms with van der Waals surface area (Å²) >= 11 is 1.58. The number of aromatic nitrogens is 2. The van der Waals surface area contributed by atoms with Crippen molar-refractivity contribution in [2.45, 2.75) is 117 Å². The van der Waals surface area contributed by atoms with Gasteiger partial charge in [-0.1, -0.05) is 116 Å². The highest BCUT2D eigenvalue weighted by atomic mass is 32.1. The number of rotatable bonds is 17. The molecule has 0 aliphatic carbocycles. The highest BCUT2D eigenvalue weighted by molar-refractivity contribution is 7.09. The van der Waals surface area contributed by atoms with Gasteiger partial charge in [-0.05, 0) is 53.4 Å². The first-order valence-electron chi connectivity index (χ1n) is 20.6. The Morgan fingerprint density at radius 3 is 2.07 bits per heavy atom. The summed E-state index contributed by atoms with van der Waals surface area (Å²) in [4.78, 5) is 66.8. The first-order chi connectivity index (χ1) is 28.3. The van der Waals surface area contributed by atoms with Crippen LogP contribution in [0.5, 0.6) is 0 Å². The number of carboxylic acid groups (broad SMARTS) is 1. The second-order valence-corrected chi connectivity index (χ2v) is 19.1. The zero-order chi connectivity index (χ0) is 43.8. The van der Waals surface area contributed by atoms with Gasteiger partial charge in [0.25, 0.3) is 0 Å². The number of aliphatic hydroxyl groups excluding tert-OH is 1. The smallest absolute Gasteiger partial charge is 0.405 e. The fraction of sp³-hybridized carbons (Fsp3) is 0.478. The zero-order valence-electron chi connectivity index (χ0n) is 36.0. The summed E-state index contributed by atoms with van der Waals surface area (Å²) in [5.74, 6) is -0.632. The van der Waals surface area contributed by atoms with Gasteiger partial charge in [0.2, 0.25) is 11.8 Å². The van der Waals surface area contributed by atoms with Gasteiger partial charge in [-0.25, -0.2) is 14.6 Å². The van der Waals surface area contributed by atoms with E-state index in [1.807, 2.05) is 98.9 Å². The zero-order valence-corrected chi connectivity index (χ0v) is 36.8. The van der Waals surface area contributed by atoms with Gasteiger partial charge in [0.1, 0.15) is 12.1 Å². The molecule has 0 unspecified atom stereocenters. The first kappa shape index (κ1) is 45.7. The van der Waals surface area contributed by atoms with E-state index in [9.17, 15) is 29.4 Å². The van der Waals surface area contributed by atoms with Crippen LogP contribution in [0.15, 0.2) is 84.4 Å². The quantitative estimate of drug-likeness (QED) is 0.0766. The van der Waals surface area contributed by atoms with Crippen LogP contribution in [0.3, 0.4) is 0 Å². The van der Waals surface area contributed by atoms with Crippen LogP contribution in [0.1, 0.15) is 89.6 Å². The van der Waals surface area contributed by atoms with E-state index in [1.54, 1.807) is 48.1 Å². The molecular formula is C46H61N7O6S. The minimum absolute atomic E-state index is 0.0447. The maximum atomic E-state index is 14.6. The molecule has 322 valence electrons. The van der Waals surface area contributed by atoms with Crippen molar-refractivity contribution in [3.05, 3.63) is 106 Å². The molecule has 2 aromatic carbocycles. The molecule has 5 rings (SSSR count). The van der Waals surface area contributed by atoms with Crippen LogP contribution in [0, 0.1) is 10.8 Å². The van der Waals surface area contributed by atoms with Crippen molar-refractivity contribution in [2.75, 3.05) is 13.1 Å². The number of benzene rings is 2. The number of hydrogen-bond acceptors (Lipinski definition) is 8. The molecule has 60 heavy (non-hydrogen) atoms. The fourth-order valence-corrected chi connectivity index (χ4v) is 8.45. The van der Waals surface area contributed by atoms with Crippen molar-refractivity contribution in [3.8, 4) is 11.3 Å². The van der Waals surface area contributed by atoms with Crippen molar-refractivity contribution in [3.63, 3.8) is 0 Å².